The maximum Gasteiger partial charge on any atom is 0.332 e. The number of urea groups is 1. The maximum absolute atomic E-state index is 13.8. The summed E-state index contributed by atoms with van der Waals surface area (Å²) in [6.45, 7) is 1.27. The first kappa shape index (κ1) is 22.7. The van der Waals surface area contributed by atoms with Gasteiger partial charge >= 0.3 is 6.03 Å². The summed E-state index contributed by atoms with van der Waals surface area (Å²) in [7, 11) is 2.99. The molecule has 2 aliphatic rings. The summed E-state index contributed by atoms with van der Waals surface area (Å²) in [6.07, 6.45) is 1.74. The number of imide groups is 1. The quantitative estimate of drug-likeness (QED) is 0.693. The molecule has 1 N–H and O–H groups in total. The summed E-state index contributed by atoms with van der Waals surface area (Å²) < 4.78 is 24.2. The highest BCUT2D eigenvalue weighted by atomic mass is 32.2. The lowest BCUT2D eigenvalue weighted by atomic mass is 10.1. The zero-order chi connectivity index (χ0) is 23.7. The normalized spacial score (nSPS) is 19.5. The Morgan fingerprint density at radius 3 is 2.64 bits per heavy atom. The van der Waals surface area contributed by atoms with Crippen molar-refractivity contribution in [3.05, 3.63) is 59.3 Å². The van der Waals surface area contributed by atoms with Crippen LogP contribution in [0, 0.1) is 12.7 Å². The van der Waals surface area contributed by atoms with Gasteiger partial charge in [0.15, 0.2) is 0 Å². The second-order valence-corrected chi connectivity index (χ2v) is 8.56. The van der Waals surface area contributed by atoms with Gasteiger partial charge in [-0.3, -0.25) is 9.59 Å². The van der Waals surface area contributed by atoms with E-state index in [0.29, 0.717) is 22.7 Å². The number of hydrogen-bond donors (Lipinski definition) is 1. The van der Waals surface area contributed by atoms with Gasteiger partial charge in [-0.2, -0.15) is 0 Å². The molecule has 0 radical (unpaired) electrons. The van der Waals surface area contributed by atoms with E-state index in [1.165, 1.54) is 49.1 Å². The third kappa shape index (κ3) is 4.25. The van der Waals surface area contributed by atoms with Gasteiger partial charge in [0.05, 0.1) is 31.6 Å². The molecule has 0 aliphatic carbocycles. The van der Waals surface area contributed by atoms with Gasteiger partial charge in [-0.1, -0.05) is 6.08 Å². The Kier molecular flexibility index (Phi) is 6.28. The highest BCUT2D eigenvalue weighted by Crippen LogP contribution is 2.37. The molecule has 2 aromatic rings. The summed E-state index contributed by atoms with van der Waals surface area (Å²) in [5.74, 6) is -0.328. The lowest BCUT2D eigenvalue weighted by Gasteiger charge is -2.40. The van der Waals surface area contributed by atoms with Crippen LogP contribution in [0.1, 0.15) is 5.56 Å². The van der Waals surface area contributed by atoms with Crippen LogP contribution in [0.15, 0.2) is 47.9 Å². The average Bonchev–Trinajstić information content (AvgIpc) is 3.29. The minimum atomic E-state index is -0.642. The number of benzene rings is 2. The number of ether oxygens (including phenoxy) is 2. The molecule has 33 heavy (non-hydrogen) atoms. The first-order valence-corrected chi connectivity index (χ1v) is 11.0. The number of carbonyl (C=O) groups excluding carboxylic acids is 3. The second-order valence-electron chi connectivity index (χ2n) is 7.51. The van der Waals surface area contributed by atoms with E-state index in [9.17, 15) is 18.8 Å². The predicted molar refractivity (Wildman–Crippen MR) is 123 cm³/mol. The molecule has 1 fully saturated rings. The number of thioether (sulfide) groups is 1. The van der Waals surface area contributed by atoms with Crippen LogP contribution < -0.4 is 19.7 Å². The minimum absolute atomic E-state index is 0.261. The molecule has 0 saturated carbocycles. The monoisotopic (exact) mass is 471 g/mol. The van der Waals surface area contributed by atoms with Gasteiger partial charge < -0.3 is 19.7 Å². The number of nitrogens with zero attached hydrogens (tertiary/aromatic N) is 2. The van der Waals surface area contributed by atoms with E-state index < -0.39 is 35.0 Å². The Balaban J connectivity index is 1.59. The Morgan fingerprint density at radius 1 is 1.15 bits per heavy atom. The molecule has 4 rings (SSSR count). The van der Waals surface area contributed by atoms with Crippen molar-refractivity contribution in [3.8, 4) is 11.5 Å². The van der Waals surface area contributed by atoms with Crippen molar-refractivity contribution < 1.29 is 28.2 Å². The molecule has 172 valence electrons. The van der Waals surface area contributed by atoms with E-state index in [-0.39, 0.29) is 12.2 Å². The summed E-state index contributed by atoms with van der Waals surface area (Å²) in [5.41, 5.74) is 0.989. The van der Waals surface area contributed by atoms with Crippen molar-refractivity contribution in [1.29, 1.82) is 0 Å². The van der Waals surface area contributed by atoms with Crippen molar-refractivity contribution in [1.82, 2.24) is 4.90 Å². The number of anilines is 2. The predicted octanol–water partition coefficient (Wildman–Crippen LogP) is 3.56. The Labute approximate surface area is 194 Å². The molecule has 8 nitrogen and oxygen atoms in total. The fourth-order valence-electron chi connectivity index (χ4n) is 3.77. The number of aryl methyl sites for hydroxylation is 1. The lowest BCUT2D eigenvalue weighted by Crippen LogP contribution is -2.63. The zero-order valence-corrected chi connectivity index (χ0v) is 19.0. The molecule has 0 aromatic heterocycles. The first-order chi connectivity index (χ1) is 15.8. The van der Waals surface area contributed by atoms with E-state index in [0.717, 1.165) is 4.90 Å². The van der Waals surface area contributed by atoms with Crippen molar-refractivity contribution >= 4 is 41.0 Å². The molecule has 0 spiro atoms. The molecule has 2 aliphatic heterocycles. The summed E-state index contributed by atoms with van der Waals surface area (Å²) in [4.78, 5) is 41.7. The van der Waals surface area contributed by atoms with Gasteiger partial charge in [-0.05, 0) is 48.2 Å². The number of carbonyl (C=O) groups is 3. The highest BCUT2D eigenvalue weighted by molar-refractivity contribution is 8.03. The van der Waals surface area contributed by atoms with Crippen LogP contribution in [0.5, 0.6) is 11.5 Å². The lowest BCUT2D eigenvalue weighted by molar-refractivity contribution is -0.121. The first-order valence-electron chi connectivity index (χ1n) is 10.1. The zero-order valence-electron chi connectivity index (χ0n) is 18.2. The smallest absolute Gasteiger partial charge is 0.332 e. The van der Waals surface area contributed by atoms with Crippen LogP contribution in [0.2, 0.25) is 0 Å². The summed E-state index contributed by atoms with van der Waals surface area (Å²) in [5, 5.41) is 3.91. The van der Waals surface area contributed by atoms with Gasteiger partial charge in [-0.15, -0.1) is 11.8 Å². The van der Waals surface area contributed by atoms with Crippen molar-refractivity contribution in [2.75, 3.05) is 31.0 Å². The van der Waals surface area contributed by atoms with Crippen LogP contribution in [0.3, 0.4) is 0 Å². The Bertz CT molecular complexity index is 1150. The van der Waals surface area contributed by atoms with Gasteiger partial charge in [-0.25, -0.2) is 14.1 Å². The van der Waals surface area contributed by atoms with Gasteiger partial charge in [0.2, 0.25) is 5.91 Å². The van der Waals surface area contributed by atoms with Crippen LogP contribution in [0.4, 0.5) is 20.6 Å². The number of hydrogen-bond acceptors (Lipinski definition) is 6. The molecule has 1 saturated heterocycles. The fourth-order valence-corrected chi connectivity index (χ4v) is 4.81. The SMILES string of the molecule is COc1ccc(NC(=O)CN2C(=O)N(c3ccc(F)c(C)c3)C(=O)C3SC=CC32)c(OC)c1. The van der Waals surface area contributed by atoms with Crippen molar-refractivity contribution in [2.45, 2.75) is 18.2 Å². The molecule has 2 atom stereocenters. The number of fused-ring (bicyclic) bond motifs is 1. The second kappa shape index (κ2) is 9.14. The molecular formula is C23H22FN3O5S. The maximum atomic E-state index is 13.8. The number of rotatable bonds is 6. The highest BCUT2D eigenvalue weighted by Gasteiger charge is 2.48. The number of nitrogens with one attached hydrogen (secondary N) is 1. The largest absolute Gasteiger partial charge is 0.497 e. The van der Waals surface area contributed by atoms with Gasteiger partial charge in [0.25, 0.3) is 5.91 Å². The topological polar surface area (TPSA) is 88.2 Å². The van der Waals surface area contributed by atoms with E-state index in [4.69, 9.17) is 9.47 Å². The molecule has 2 unspecified atom stereocenters. The molecule has 4 amide bonds. The van der Waals surface area contributed by atoms with E-state index in [1.54, 1.807) is 36.6 Å². The Morgan fingerprint density at radius 2 is 1.94 bits per heavy atom. The minimum Gasteiger partial charge on any atom is -0.497 e. The number of amides is 4. The van der Waals surface area contributed by atoms with E-state index in [1.807, 2.05) is 0 Å². The molecular weight excluding hydrogens is 449 g/mol. The van der Waals surface area contributed by atoms with E-state index >= 15 is 0 Å². The standard InChI is InChI=1S/C23H22FN3O5S/c1-13-10-14(4-6-16(13)24)27-22(29)21-18(8-9-33-21)26(23(27)30)12-20(28)25-17-7-5-15(31-2)11-19(17)32-3/h4-11,18,21H,12H2,1-3H3,(H,25,28). The van der Waals surface area contributed by atoms with Crippen molar-refractivity contribution in [3.63, 3.8) is 0 Å². The molecule has 2 heterocycles. The average molecular weight is 472 g/mol. The molecule has 10 heteroatoms. The van der Waals surface area contributed by atoms with Crippen LogP contribution >= 0.6 is 11.8 Å². The van der Waals surface area contributed by atoms with Gasteiger partial charge in [0, 0.05) is 6.07 Å². The third-order valence-corrected chi connectivity index (χ3v) is 6.56. The summed E-state index contributed by atoms with van der Waals surface area (Å²) in [6, 6.07) is 7.78. The number of methoxy groups -OCH3 is 2. The molecule has 0 bridgehead atoms. The molecule has 2 aromatic carbocycles. The van der Waals surface area contributed by atoms with Crippen LogP contribution in [-0.4, -0.2) is 54.8 Å². The number of halogens is 1. The fraction of sp³-hybridized carbons (Fsp3) is 0.261. The third-order valence-electron chi connectivity index (χ3n) is 5.47. The Hall–Kier alpha value is -3.53. The van der Waals surface area contributed by atoms with Crippen LogP contribution in [-0.2, 0) is 9.59 Å². The summed E-state index contributed by atoms with van der Waals surface area (Å²) >= 11 is 1.28. The van der Waals surface area contributed by atoms with E-state index in [2.05, 4.69) is 5.32 Å². The van der Waals surface area contributed by atoms with Gasteiger partial charge in [0.1, 0.15) is 29.1 Å². The van der Waals surface area contributed by atoms with Crippen LogP contribution in [0.25, 0.3) is 0 Å². The van der Waals surface area contributed by atoms with Crippen molar-refractivity contribution in [2.24, 2.45) is 0 Å².